The average Bonchev–Trinajstić information content (AvgIpc) is 2.61. The number of rotatable bonds is 4. The van der Waals surface area contributed by atoms with Crippen molar-refractivity contribution >= 4 is 29.0 Å². The predicted molar refractivity (Wildman–Crippen MR) is 109 cm³/mol. The van der Waals surface area contributed by atoms with Crippen LogP contribution in [0.2, 0.25) is 5.02 Å². The highest BCUT2D eigenvalue weighted by atomic mass is 35.5. The van der Waals surface area contributed by atoms with Crippen LogP contribution in [0.5, 0.6) is 0 Å². The Labute approximate surface area is 160 Å². The molecule has 2 N–H and O–H groups in total. The van der Waals surface area contributed by atoms with Crippen molar-refractivity contribution in [2.75, 3.05) is 23.3 Å². The number of hydrogen-bond acceptors (Lipinski definition) is 2. The van der Waals surface area contributed by atoms with E-state index in [1.165, 1.54) is 18.5 Å². The molecule has 1 saturated heterocycles. The minimum Gasteiger partial charge on any atom is -0.371 e. The van der Waals surface area contributed by atoms with Gasteiger partial charge in [0.15, 0.2) is 0 Å². The number of benzene rings is 2. The Morgan fingerprint density at radius 3 is 2.69 bits per heavy atom. The van der Waals surface area contributed by atoms with E-state index < -0.39 is 0 Å². The quantitative estimate of drug-likeness (QED) is 0.749. The summed E-state index contributed by atoms with van der Waals surface area (Å²) in [5.41, 5.74) is 3.02. The van der Waals surface area contributed by atoms with Gasteiger partial charge in [0.25, 0.3) is 0 Å². The smallest absolute Gasteiger partial charge is 0.319 e. The van der Waals surface area contributed by atoms with E-state index in [9.17, 15) is 4.79 Å². The van der Waals surface area contributed by atoms with Crippen molar-refractivity contribution in [2.45, 2.75) is 32.7 Å². The van der Waals surface area contributed by atoms with Crippen LogP contribution in [-0.4, -0.2) is 19.1 Å². The van der Waals surface area contributed by atoms with Gasteiger partial charge in [0.2, 0.25) is 0 Å². The second kappa shape index (κ2) is 8.45. The van der Waals surface area contributed by atoms with Gasteiger partial charge < -0.3 is 15.5 Å². The lowest BCUT2D eigenvalue weighted by molar-refractivity contribution is 0.249. The van der Waals surface area contributed by atoms with E-state index in [1.54, 1.807) is 12.1 Å². The molecule has 0 unspecified atom stereocenters. The third-order valence-corrected chi connectivity index (χ3v) is 5.08. The van der Waals surface area contributed by atoms with Gasteiger partial charge in [-0.1, -0.05) is 36.7 Å². The van der Waals surface area contributed by atoms with Gasteiger partial charge in [-0.25, -0.2) is 4.79 Å². The maximum Gasteiger partial charge on any atom is 0.319 e. The zero-order valence-electron chi connectivity index (χ0n) is 15.3. The molecule has 3 rings (SSSR count). The average molecular weight is 372 g/mol. The molecule has 1 aliphatic heterocycles. The summed E-state index contributed by atoms with van der Waals surface area (Å²) in [7, 11) is 0. The molecule has 0 saturated carbocycles. The Balaban J connectivity index is 1.57. The molecule has 0 aliphatic carbocycles. The molecule has 5 heteroatoms. The molecule has 0 bridgehead atoms. The van der Waals surface area contributed by atoms with Crippen molar-refractivity contribution in [3.8, 4) is 0 Å². The Morgan fingerprint density at radius 1 is 1.23 bits per heavy atom. The van der Waals surface area contributed by atoms with Crippen LogP contribution in [0.4, 0.5) is 16.2 Å². The van der Waals surface area contributed by atoms with Crippen LogP contribution in [0.3, 0.4) is 0 Å². The van der Waals surface area contributed by atoms with E-state index in [2.05, 4.69) is 46.7 Å². The molecule has 138 valence electrons. The SMILES string of the molecule is C[C@@H]1CCCN(c2ccc([C@@H](C)NC(=O)Nc3cccc(Cl)c3)cc2)C1. The monoisotopic (exact) mass is 371 g/mol. The van der Waals surface area contributed by atoms with Crippen molar-refractivity contribution in [3.63, 3.8) is 0 Å². The molecule has 1 fully saturated rings. The summed E-state index contributed by atoms with van der Waals surface area (Å²) in [5, 5.41) is 6.37. The van der Waals surface area contributed by atoms with Crippen molar-refractivity contribution in [1.29, 1.82) is 0 Å². The first-order valence-corrected chi connectivity index (χ1v) is 9.57. The predicted octanol–water partition coefficient (Wildman–Crippen LogP) is 5.46. The summed E-state index contributed by atoms with van der Waals surface area (Å²) in [6.07, 6.45) is 2.57. The topological polar surface area (TPSA) is 44.4 Å². The first-order chi connectivity index (χ1) is 12.5. The minimum absolute atomic E-state index is 0.0801. The highest BCUT2D eigenvalue weighted by Gasteiger charge is 2.17. The lowest BCUT2D eigenvalue weighted by atomic mass is 9.99. The summed E-state index contributed by atoms with van der Waals surface area (Å²) in [6, 6.07) is 15.3. The van der Waals surface area contributed by atoms with Gasteiger partial charge in [-0.3, -0.25) is 0 Å². The highest BCUT2D eigenvalue weighted by molar-refractivity contribution is 6.30. The summed E-state index contributed by atoms with van der Waals surface area (Å²) < 4.78 is 0. The number of amides is 2. The van der Waals surface area contributed by atoms with E-state index in [-0.39, 0.29) is 12.1 Å². The normalized spacial score (nSPS) is 18.3. The van der Waals surface area contributed by atoms with Crippen LogP contribution < -0.4 is 15.5 Å². The van der Waals surface area contributed by atoms with E-state index in [4.69, 9.17) is 11.6 Å². The Kier molecular flexibility index (Phi) is 6.04. The van der Waals surface area contributed by atoms with Crippen molar-refractivity contribution in [3.05, 3.63) is 59.1 Å². The van der Waals surface area contributed by atoms with Gasteiger partial charge in [-0.2, -0.15) is 0 Å². The van der Waals surface area contributed by atoms with E-state index in [0.717, 1.165) is 24.6 Å². The zero-order valence-corrected chi connectivity index (χ0v) is 16.1. The molecule has 1 heterocycles. The first kappa shape index (κ1) is 18.6. The lowest BCUT2D eigenvalue weighted by Gasteiger charge is -2.33. The number of anilines is 2. The molecule has 1 aliphatic rings. The van der Waals surface area contributed by atoms with Gasteiger partial charge in [0.1, 0.15) is 0 Å². The van der Waals surface area contributed by atoms with Gasteiger partial charge >= 0.3 is 6.03 Å². The van der Waals surface area contributed by atoms with Crippen LogP contribution in [0.1, 0.15) is 38.3 Å². The van der Waals surface area contributed by atoms with Crippen molar-refractivity contribution in [1.82, 2.24) is 5.32 Å². The first-order valence-electron chi connectivity index (χ1n) is 9.19. The van der Waals surface area contributed by atoms with Crippen LogP contribution in [0.15, 0.2) is 48.5 Å². The summed E-state index contributed by atoms with van der Waals surface area (Å²) >= 11 is 5.94. The highest BCUT2D eigenvalue weighted by Crippen LogP contribution is 2.24. The van der Waals surface area contributed by atoms with Gasteiger partial charge in [0.05, 0.1) is 6.04 Å². The second-order valence-corrected chi connectivity index (χ2v) is 7.55. The van der Waals surface area contributed by atoms with Gasteiger partial charge in [-0.15, -0.1) is 0 Å². The summed E-state index contributed by atoms with van der Waals surface area (Å²) in [4.78, 5) is 14.6. The molecule has 2 aromatic carbocycles. The minimum atomic E-state index is -0.242. The Morgan fingerprint density at radius 2 is 2.00 bits per heavy atom. The molecule has 4 nitrogen and oxygen atoms in total. The molecule has 0 spiro atoms. The number of hydrogen-bond donors (Lipinski definition) is 2. The number of piperidine rings is 1. The fourth-order valence-corrected chi connectivity index (χ4v) is 3.60. The van der Waals surface area contributed by atoms with Crippen LogP contribution in [-0.2, 0) is 0 Å². The van der Waals surface area contributed by atoms with E-state index in [0.29, 0.717) is 10.7 Å². The summed E-state index contributed by atoms with van der Waals surface area (Å²) in [6.45, 7) is 6.54. The number of halogens is 1. The fourth-order valence-electron chi connectivity index (χ4n) is 3.41. The van der Waals surface area contributed by atoms with Crippen LogP contribution in [0, 0.1) is 5.92 Å². The number of urea groups is 1. The standard InChI is InChI=1S/C21H26ClN3O/c1-15-5-4-12-25(14-15)20-10-8-17(9-11-20)16(2)23-21(26)24-19-7-3-6-18(22)13-19/h3,6-11,13,15-16H,4-5,12,14H2,1-2H3,(H2,23,24,26)/t15-,16-/m1/s1. The van der Waals surface area contributed by atoms with Crippen LogP contribution in [0.25, 0.3) is 0 Å². The zero-order chi connectivity index (χ0) is 18.5. The Bertz CT molecular complexity index is 747. The number of nitrogens with zero attached hydrogens (tertiary/aromatic N) is 1. The van der Waals surface area contributed by atoms with Gasteiger partial charge in [0, 0.05) is 29.5 Å². The fraction of sp³-hybridized carbons (Fsp3) is 0.381. The van der Waals surface area contributed by atoms with Crippen molar-refractivity contribution < 1.29 is 4.79 Å². The molecule has 0 aromatic heterocycles. The molecular weight excluding hydrogens is 346 g/mol. The lowest BCUT2D eigenvalue weighted by Crippen LogP contribution is -2.34. The van der Waals surface area contributed by atoms with E-state index >= 15 is 0 Å². The maximum atomic E-state index is 12.2. The molecular formula is C21H26ClN3O. The number of carbonyl (C=O) groups excluding carboxylic acids is 1. The van der Waals surface area contributed by atoms with E-state index in [1.807, 2.05) is 19.1 Å². The number of nitrogens with one attached hydrogen (secondary N) is 2. The second-order valence-electron chi connectivity index (χ2n) is 7.12. The molecule has 26 heavy (non-hydrogen) atoms. The maximum absolute atomic E-state index is 12.2. The third kappa shape index (κ3) is 4.92. The molecule has 2 aromatic rings. The van der Waals surface area contributed by atoms with Gasteiger partial charge in [-0.05, 0) is 61.6 Å². The summed E-state index contributed by atoms with van der Waals surface area (Å²) in [5.74, 6) is 0.749. The molecule has 2 amide bonds. The third-order valence-electron chi connectivity index (χ3n) is 4.85. The number of carbonyl (C=O) groups is 1. The van der Waals surface area contributed by atoms with Crippen molar-refractivity contribution in [2.24, 2.45) is 5.92 Å². The Hall–Kier alpha value is -2.20. The molecule has 0 radical (unpaired) electrons. The largest absolute Gasteiger partial charge is 0.371 e. The van der Waals surface area contributed by atoms with Crippen LogP contribution >= 0.6 is 11.6 Å². The molecule has 2 atom stereocenters.